The van der Waals surface area contributed by atoms with Gasteiger partial charge in [-0.05, 0) is 30.3 Å². The number of ether oxygens (including phenoxy) is 2. The Labute approximate surface area is 168 Å². The number of hydrogen-bond acceptors (Lipinski definition) is 9. The molecule has 0 bridgehead atoms. The first kappa shape index (κ1) is 19.4. The maximum absolute atomic E-state index is 12.2. The van der Waals surface area contributed by atoms with Crippen LogP contribution < -0.4 is 15.8 Å². The Kier molecular flexibility index (Phi) is 5.90. The first-order valence-electron chi connectivity index (χ1n) is 8.02. The third-order valence-corrected chi connectivity index (χ3v) is 4.06. The maximum atomic E-state index is 12.2. The van der Waals surface area contributed by atoms with Gasteiger partial charge in [0.05, 0.1) is 12.8 Å². The van der Waals surface area contributed by atoms with E-state index in [4.69, 9.17) is 15.2 Å². The molecule has 0 aliphatic heterocycles. The molecule has 0 atom stereocenters. The highest BCUT2D eigenvalue weighted by Crippen LogP contribution is 2.26. The summed E-state index contributed by atoms with van der Waals surface area (Å²) in [5.41, 5.74) is 6.38. The summed E-state index contributed by atoms with van der Waals surface area (Å²) >= 11 is 3.24. The molecule has 1 aromatic heterocycles. The highest BCUT2D eigenvalue weighted by molar-refractivity contribution is 9.10. The molecule has 0 spiro atoms. The van der Waals surface area contributed by atoms with Gasteiger partial charge in [0.1, 0.15) is 17.1 Å². The molecule has 0 saturated heterocycles. The summed E-state index contributed by atoms with van der Waals surface area (Å²) in [7, 11) is 1.55. The third-order valence-electron chi connectivity index (χ3n) is 3.56. The SMILES string of the molecule is COc1ccccc1Nc1nc(N)nc(COC(=O)c2cc(Br)ccc2O)n1. The van der Waals surface area contributed by atoms with E-state index in [0.717, 1.165) is 0 Å². The Morgan fingerprint density at radius 3 is 2.79 bits per heavy atom. The van der Waals surface area contributed by atoms with Crippen LogP contribution in [0.25, 0.3) is 0 Å². The number of methoxy groups -OCH3 is 1. The number of para-hydroxylation sites is 2. The van der Waals surface area contributed by atoms with Gasteiger partial charge in [-0.1, -0.05) is 28.1 Å². The van der Waals surface area contributed by atoms with Crippen molar-refractivity contribution in [2.75, 3.05) is 18.2 Å². The molecule has 0 fully saturated rings. The number of phenols is 1. The maximum Gasteiger partial charge on any atom is 0.342 e. The Morgan fingerprint density at radius 1 is 1.21 bits per heavy atom. The lowest BCUT2D eigenvalue weighted by Gasteiger charge is -2.11. The van der Waals surface area contributed by atoms with E-state index in [1.807, 2.05) is 12.1 Å². The van der Waals surface area contributed by atoms with Crippen molar-refractivity contribution in [3.05, 3.63) is 58.3 Å². The van der Waals surface area contributed by atoms with Crippen molar-refractivity contribution in [2.24, 2.45) is 0 Å². The van der Waals surface area contributed by atoms with E-state index in [2.05, 4.69) is 36.2 Å². The minimum atomic E-state index is -0.725. The van der Waals surface area contributed by atoms with Crippen molar-refractivity contribution in [3.8, 4) is 11.5 Å². The molecule has 0 amide bonds. The number of carbonyl (C=O) groups excluding carboxylic acids is 1. The topological polar surface area (TPSA) is 132 Å². The van der Waals surface area contributed by atoms with Gasteiger partial charge in [0, 0.05) is 4.47 Å². The first-order valence-corrected chi connectivity index (χ1v) is 8.81. The number of phenolic OH excluding ortho intramolecular Hbond substituents is 1. The van der Waals surface area contributed by atoms with E-state index >= 15 is 0 Å². The number of halogens is 1. The van der Waals surface area contributed by atoms with Crippen molar-refractivity contribution >= 4 is 39.5 Å². The second-order valence-corrected chi connectivity index (χ2v) is 6.41. The van der Waals surface area contributed by atoms with Crippen LogP contribution in [0.2, 0.25) is 0 Å². The molecule has 28 heavy (non-hydrogen) atoms. The van der Waals surface area contributed by atoms with Gasteiger partial charge in [-0.15, -0.1) is 0 Å². The van der Waals surface area contributed by atoms with Gasteiger partial charge in [-0.25, -0.2) is 4.79 Å². The standard InChI is InChI=1S/C18H16BrN5O4/c1-27-14-5-3-2-4-12(14)21-18-23-15(22-17(20)24-18)9-28-16(26)11-8-10(19)6-7-13(11)25/h2-8,25H,9H2,1H3,(H3,20,21,22,23,24). The van der Waals surface area contributed by atoms with Gasteiger partial charge < -0.3 is 25.6 Å². The van der Waals surface area contributed by atoms with Crippen LogP contribution in [0.1, 0.15) is 16.2 Å². The van der Waals surface area contributed by atoms with Gasteiger partial charge in [0.25, 0.3) is 0 Å². The molecule has 0 aliphatic carbocycles. The van der Waals surface area contributed by atoms with Gasteiger partial charge in [0.2, 0.25) is 11.9 Å². The lowest BCUT2D eigenvalue weighted by Crippen LogP contribution is -2.11. The van der Waals surface area contributed by atoms with Crippen molar-refractivity contribution in [1.82, 2.24) is 15.0 Å². The molecule has 0 unspecified atom stereocenters. The Bertz CT molecular complexity index is 1020. The van der Waals surface area contributed by atoms with Crippen LogP contribution in [0.5, 0.6) is 11.5 Å². The average Bonchev–Trinajstić information content (AvgIpc) is 2.68. The van der Waals surface area contributed by atoms with Crippen molar-refractivity contribution in [1.29, 1.82) is 0 Å². The van der Waals surface area contributed by atoms with Crippen LogP contribution in [-0.2, 0) is 11.3 Å². The zero-order valence-corrected chi connectivity index (χ0v) is 16.3. The second-order valence-electron chi connectivity index (χ2n) is 5.50. The number of aromatic nitrogens is 3. The van der Waals surface area contributed by atoms with Crippen LogP contribution in [0.4, 0.5) is 17.6 Å². The summed E-state index contributed by atoms with van der Waals surface area (Å²) in [6, 6.07) is 11.7. The normalized spacial score (nSPS) is 10.4. The number of nitrogens with one attached hydrogen (secondary N) is 1. The van der Waals surface area contributed by atoms with Crippen LogP contribution in [0.15, 0.2) is 46.9 Å². The number of nitrogens with two attached hydrogens (primary N) is 1. The van der Waals surface area contributed by atoms with Crippen molar-refractivity contribution < 1.29 is 19.4 Å². The number of hydrogen-bond donors (Lipinski definition) is 3. The quantitative estimate of drug-likeness (QED) is 0.489. The fraction of sp³-hybridized carbons (Fsp3) is 0.111. The van der Waals surface area contributed by atoms with E-state index in [9.17, 15) is 9.90 Å². The molecule has 10 heteroatoms. The van der Waals surface area contributed by atoms with Gasteiger partial charge in [-0.3, -0.25) is 0 Å². The number of rotatable bonds is 6. The van der Waals surface area contributed by atoms with Crippen molar-refractivity contribution in [2.45, 2.75) is 6.61 Å². The monoisotopic (exact) mass is 445 g/mol. The van der Waals surface area contributed by atoms with E-state index in [0.29, 0.717) is 15.9 Å². The molecule has 9 nitrogen and oxygen atoms in total. The molecular formula is C18H16BrN5O4. The lowest BCUT2D eigenvalue weighted by molar-refractivity contribution is 0.0459. The predicted octanol–water partition coefficient (Wildman–Crippen LogP) is 3.03. The molecule has 0 aliphatic rings. The molecule has 0 radical (unpaired) electrons. The van der Waals surface area contributed by atoms with Crippen LogP contribution in [0, 0.1) is 0 Å². The number of carbonyl (C=O) groups is 1. The number of aromatic hydroxyl groups is 1. The summed E-state index contributed by atoms with van der Waals surface area (Å²) in [5, 5.41) is 12.8. The highest BCUT2D eigenvalue weighted by atomic mass is 79.9. The molecule has 0 saturated carbocycles. The zero-order valence-electron chi connectivity index (χ0n) is 14.7. The van der Waals surface area contributed by atoms with E-state index in [1.165, 1.54) is 12.1 Å². The van der Waals surface area contributed by atoms with Crippen molar-refractivity contribution in [3.63, 3.8) is 0 Å². The fourth-order valence-corrected chi connectivity index (χ4v) is 2.67. The largest absolute Gasteiger partial charge is 0.507 e. The van der Waals surface area contributed by atoms with E-state index in [-0.39, 0.29) is 35.6 Å². The molecule has 1 heterocycles. The Hall–Kier alpha value is -3.40. The lowest BCUT2D eigenvalue weighted by atomic mass is 10.2. The Morgan fingerprint density at radius 2 is 2.00 bits per heavy atom. The van der Waals surface area contributed by atoms with Crippen LogP contribution in [0.3, 0.4) is 0 Å². The first-order chi connectivity index (χ1) is 13.5. The summed E-state index contributed by atoms with van der Waals surface area (Å²) in [5.74, 6) is -0.0386. The van der Waals surface area contributed by atoms with Gasteiger partial charge in [0.15, 0.2) is 12.4 Å². The minimum Gasteiger partial charge on any atom is -0.507 e. The predicted molar refractivity (Wildman–Crippen MR) is 105 cm³/mol. The third kappa shape index (κ3) is 4.65. The number of nitrogens with zero attached hydrogens (tertiary/aromatic N) is 3. The number of benzene rings is 2. The summed E-state index contributed by atoms with van der Waals surface area (Å²) in [6.45, 7) is -0.252. The Balaban J connectivity index is 1.74. The summed E-state index contributed by atoms with van der Waals surface area (Å²) in [4.78, 5) is 24.4. The number of anilines is 3. The molecule has 144 valence electrons. The van der Waals surface area contributed by atoms with Crippen LogP contribution in [-0.4, -0.2) is 33.1 Å². The summed E-state index contributed by atoms with van der Waals surface area (Å²) in [6.07, 6.45) is 0. The number of nitrogen functional groups attached to an aromatic ring is 1. The van der Waals surface area contributed by atoms with Gasteiger partial charge >= 0.3 is 5.97 Å². The molecule has 4 N–H and O–H groups in total. The average molecular weight is 446 g/mol. The second kappa shape index (κ2) is 8.53. The smallest absolute Gasteiger partial charge is 0.342 e. The fourth-order valence-electron chi connectivity index (χ4n) is 2.31. The molecule has 3 aromatic rings. The van der Waals surface area contributed by atoms with E-state index in [1.54, 1.807) is 25.3 Å². The molecule has 3 rings (SSSR count). The van der Waals surface area contributed by atoms with Crippen LogP contribution >= 0.6 is 15.9 Å². The minimum absolute atomic E-state index is 0.0174. The van der Waals surface area contributed by atoms with Gasteiger partial charge in [-0.2, -0.15) is 15.0 Å². The molecular weight excluding hydrogens is 430 g/mol. The zero-order chi connectivity index (χ0) is 20.1. The number of esters is 1. The molecule has 2 aromatic carbocycles. The van der Waals surface area contributed by atoms with E-state index < -0.39 is 5.97 Å². The highest BCUT2D eigenvalue weighted by Gasteiger charge is 2.15. The summed E-state index contributed by atoms with van der Waals surface area (Å²) < 4.78 is 11.1.